The molecule has 0 saturated heterocycles. The Kier molecular flexibility index (Phi) is 9.98. The fraction of sp³-hybridized carbons (Fsp3) is 0. The van der Waals surface area contributed by atoms with Crippen LogP contribution >= 0.6 is 38.6 Å². The van der Waals surface area contributed by atoms with Crippen LogP contribution in [0.2, 0.25) is 0 Å². The highest BCUT2D eigenvalue weighted by Gasteiger charge is 2.09. The summed E-state index contributed by atoms with van der Waals surface area (Å²) in [6, 6.07) is 22.9. The molecule has 0 aliphatic heterocycles. The van der Waals surface area contributed by atoms with Crippen LogP contribution in [0.25, 0.3) is 20.2 Å². The van der Waals surface area contributed by atoms with Crippen LogP contribution in [0.4, 0.5) is 0 Å². The van der Waals surface area contributed by atoms with Crippen LogP contribution in [0.1, 0.15) is 36.0 Å². The molecule has 6 rings (SSSR count). The molecule has 0 spiro atoms. The molecular formula is C32H21BrN4O2S2. The molecule has 41 heavy (non-hydrogen) atoms. The number of hydrogen-bond acceptors (Lipinski definition) is 6. The molecule has 0 atom stereocenters. The second-order valence-electron chi connectivity index (χ2n) is 8.21. The Labute approximate surface area is 253 Å². The Morgan fingerprint density at radius 1 is 0.707 bits per heavy atom. The number of fused-ring (bicyclic) bond motifs is 2. The minimum absolute atomic E-state index is 0.395. The van der Waals surface area contributed by atoms with Crippen molar-refractivity contribution in [1.82, 2.24) is 9.97 Å². The Morgan fingerprint density at radius 3 is 1.73 bits per heavy atom. The summed E-state index contributed by atoms with van der Waals surface area (Å²) in [5.41, 5.74) is 13.1. The molecule has 2 amide bonds. The minimum Gasteiger partial charge on any atom is -0.365 e. The predicted octanol–water partition coefficient (Wildman–Crippen LogP) is 6.62. The van der Waals surface area contributed by atoms with Crippen molar-refractivity contribution >= 4 is 70.6 Å². The number of benzene rings is 2. The van der Waals surface area contributed by atoms with Crippen LogP contribution in [-0.2, 0) is 0 Å². The first kappa shape index (κ1) is 29.2. The normalized spacial score (nSPS) is 9.76. The summed E-state index contributed by atoms with van der Waals surface area (Å²) >= 11 is 6.04. The maximum Gasteiger partial charge on any atom is 0.258 e. The van der Waals surface area contributed by atoms with Gasteiger partial charge in [-0.1, -0.05) is 54.2 Å². The van der Waals surface area contributed by atoms with Gasteiger partial charge in [0.2, 0.25) is 0 Å². The zero-order chi connectivity index (χ0) is 29.2. The first-order chi connectivity index (χ1) is 19.9. The highest BCUT2D eigenvalue weighted by molar-refractivity contribution is 9.10. The molecule has 0 aliphatic carbocycles. The first-order valence-corrected chi connectivity index (χ1v) is 14.4. The van der Waals surface area contributed by atoms with Crippen molar-refractivity contribution in [3.05, 3.63) is 129 Å². The maximum absolute atomic E-state index is 11.2. The quantitative estimate of drug-likeness (QED) is 0.208. The number of halogens is 1. The van der Waals surface area contributed by atoms with Crippen molar-refractivity contribution in [2.75, 3.05) is 0 Å². The van der Waals surface area contributed by atoms with E-state index < -0.39 is 11.8 Å². The van der Waals surface area contributed by atoms with E-state index in [2.05, 4.69) is 43.7 Å². The van der Waals surface area contributed by atoms with Gasteiger partial charge in [-0.25, -0.2) is 0 Å². The number of carbonyl (C=O) groups is 2. The lowest BCUT2D eigenvalue weighted by Crippen LogP contribution is -2.08. The molecule has 0 saturated carbocycles. The van der Waals surface area contributed by atoms with Gasteiger partial charge < -0.3 is 11.5 Å². The SMILES string of the molecule is C#Cc1ccccc1.NC(=O)c1cc2c(Br)cncc2s1.NC(=O)c1cc2c(C#Cc3ccccc3)cncc2s1. The molecule has 4 N–H and O–H groups in total. The number of thiophene rings is 2. The molecule has 4 aromatic heterocycles. The van der Waals surface area contributed by atoms with E-state index in [0.29, 0.717) is 9.75 Å². The number of amides is 2. The number of carbonyl (C=O) groups excluding carboxylic acids is 2. The summed E-state index contributed by atoms with van der Waals surface area (Å²) in [5.74, 6) is 7.90. The van der Waals surface area contributed by atoms with E-state index in [4.69, 9.17) is 17.9 Å². The van der Waals surface area contributed by atoms with E-state index in [-0.39, 0.29) is 0 Å². The van der Waals surface area contributed by atoms with Gasteiger partial charge >= 0.3 is 0 Å². The lowest BCUT2D eigenvalue weighted by atomic mass is 10.1. The Hall–Kier alpha value is -4.80. The first-order valence-electron chi connectivity index (χ1n) is 11.9. The monoisotopic (exact) mass is 636 g/mol. The van der Waals surface area contributed by atoms with Crippen molar-refractivity contribution < 1.29 is 9.59 Å². The van der Waals surface area contributed by atoms with Crippen molar-refractivity contribution in [2.24, 2.45) is 11.5 Å². The second-order valence-corrected chi connectivity index (χ2v) is 11.2. The molecule has 6 nitrogen and oxygen atoms in total. The highest BCUT2D eigenvalue weighted by atomic mass is 79.9. The van der Waals surface area contributed by atoms with Crippen molar-refractivity contribution in [1.29, 1.82) is 0 Å². The van der Waals surface area contributed by atoms with Crippen LogP contribution in [-0.4, -0.2) is 21.8 Å². The van der Waals surface area contributed by atoms with E-state index in [1.807, 2.05) is 60.7 Å². The van der Waals surface area contributed by atoms with Crippen LogP contribution in [0, 0.1) is 24.2 Å². The topological polar surface area (TPSA) is 112 Å². The van der Waals surface area contributed by atoms with Gasteiger partial charge in [-0.2, -0.15) is 0 Å². The Bertz CT molecular complexity index is 1930. The molecule has 4 heterocycles. The van der Waals surface area contributed by atoms with Crippen molar-refractivity contribution in [2.45, 2.75) is 0 Å². The maximum atomic E-state index is 11.2. The molecule has 0 unspecified atom stereocenters. The molecule has 0 bridgehead atoms. The summed E-state index contributed by atoms with van der Waals surface area (Å²) in [7, 11) is 0. The molecule has 0 fully saturated rings. The second kappa shape index (κ2) is 14.0. The molecule has 6 aromatic rings. The van der Waals surface area contributed by atoms with Gasteiger partial charge in [0.05, 0.1) is 24.7 Å². The lowest BCUT2D eigenvalue weighted by Gasteiger charge is -1.92. The number of primary amides is 2. The standard InChI is InChI=1S/C16H10N2OS.C8H5BrN2OS.C8H6/c17-16(19)14-8-13-12(9-18-10-15(13)20-14)7-6-11-4-2-1-3-5-11;9-5-2-11-3-7-4(5)1-6(13-7)8(10)12;1-2-8-6-4-3-5-7-8/h1-5,8-10H,(H2,17,19);1-3H,(H2,10,12);1,3-7H. The number of nitrogens with zero attached hydrogens (tertiary/aromatic N) is 2. The van der Waals surface area contributed by atoms with E-state index in [0.717, 1.165) is 41.3 Å². The van der Waals surface area contributed by atoms with Gasteiger partial charge in [0.1, 0.15) is 0 Å². The Morgan fingerprint density at radius 2 is 1.22 bits per heavy atom. The van der Waals surface area contributed by atoms with Crippen LogP contribution in [0.15, 0.2) is 102 Å². The number of rotatable bonds is 2. The lowest BCUT2D eigenvalue weighted by molar-refractivity contribution is 0.0995. The van der Waals surface area contributed by atoms with Crippen LogP contribution in [0.3, 0.4) is 0 Å². The Balaban J connectivity index is 0.000000158. The van der Waals surface area contributed by atoms with Gasteiger partial charge in [-0.3, -0.25) is 19.6 Å². The van der Waals surface area contributed by atoms with E-state index in [1.54, 1.807) is 36.9 Å². The highest BCUT2D eigenvalue weighted by Crippen LogP contribution is 2.30. The van der Waals surface area contributed by atoms with E-state index in [9.17, 15) is 9.59 Å². The molecule has 0 aliphatic rings. The summed E-state index contributed by atoms with van der Waals surface area (Å²) in [6.45, 7) is 0. The van der Waals surface area contributed by atoms with Crippen LogP contribution < -0.4 is 11.5 Å². The fourth-order valence-electron chi connectivity index (χ4n) is 3.43. The average Bonchev–Trinajstić information content (AvgIpc) is 3.64. The zero-order valence-corrected chi connectivity index (χ0v) is 24.6. The number of aromatic nitrogens is 2. The number of hydrogen-bond donors (Lipinski definition) is 2. The molecule has 200 valence electrons. The summed E-state index contributed by atoms with van der Waals surface area (Å²) in [4.78, 5) is 31.3. The van der Waals surface area contributed by atoms with Gasteiger partial charge in [0.25, 0.3) is 11.8 Å². The van der Waals surface area contributed by atoms with Gasteiger partial charge in [0, 0.05) is 51.2 Å². The molecule has 0 radical (unpaired) electrons. The zero-order valence-electron chi connectivity index (χ0n) is 21.4. The summed E-state index contributed by atoms with van der Waals surface area (Å²) < 4.78 is 2.76. The fourth-order valence-corrected chi connectivity index (χ4v) is 5.82. The largest absolute Gasteiger partial charge is 0.365 e. The third-order valence-electron chi connectivity index (χ3n) is 5.39. The van der Waals surface area contributed by atoms with Crippen molar-refractivity contribution in [3.63, 3.8) is 0 Å². The average molecular weight is 638 g/mol. The predicted molar refractivity (Wildman–Crippen MR) is 171 cm³/mol. The van der Waals surface area contributed by atoms with Crippen molar-refractivity contribution in [3.8, 4) is 24.2 Å². The number of nitrogens with two attached hydrogens (primary N) is 2. The van der Waals surface area contributed by atoms with E-state index >= 15 is 0 Å². The van der Waals surface area contributed by atoms with Crippen LogP contribution in [0.5, 0.6) is 0 Å². The summed E-state index contributed by atoms with van der Waals surface area (Å²) in [6.07, 6.45) is 11.9. The third-order valence-corrected chi connectivity index (χ3v) is 8.19. The minimum atomic E-state index is -0.423. The molecule has 2 aromatic carbocycles. The summed E-state index contributed by atoms with van der Waals surface area (Å²) in [5, 5.41) is 1.90. The number of terminal acetylenes is 1. The van der Waals surface area contributed by atoms with Gasteiger partial charge in [-0.15, -0.1) is 29.1 Å². The van der Waals surface area contributed by atoms with Gasteiger partial charge in [0.15, 0.2) is 0 Å². The molecule has 9 heteroatoms. The number of pyridine rings is 2. The van der Waals surface area contributed by atoms with Gasteiger partial charge in [-0.05, 0) is 52.3 Å². The smallest absolute Gasteiger partial charge is 0.258 e. The third kappa shape index (κ3) is 7.87. The molecular weight excluding hydrogens is 616 g/mol. The van der Waals surface area contributed by atoms with E-state index in [1.165, 1.54) is 22.7 Å².